The van der Waals surface area contributed by atoms with Crippen LogP contribution in [-0.4, -0.2) is 19.2 Å². The largest absolute Gasteiger partial charge is 0.490 e. The van der Waals surface area contributed by atoms with E-state index in [0.29, 0.717) is 6.10 Å². The van der Waals surface area contributed by atoms with Crippen molar-refractivity contribution in [1.82, 2.24) is 5.32 Å². The zero-order chi connectivity index (χ0) is 11.2. The van der Waals surface area contributed by atoms with E-state index in [2.05, 4.69) is 24.1 Å². The van der Waals surface area contributed by atoms with Crippen molar-refractivity contribution in [3.8, 4) is 17.6 Å². The fourth-order valence-corrected chi connectivity index (χ4v) is 1.33. The van der Waals surface area contributed by atoms with Crippen molar-refractivity contribution in [3.05, 3.63) is 29.8 Å². The van der Waals surface area contributed by atoms with E-state index in [9.17, 15) is 0 Å². The maximum absolute atomic E-state index is 5.66. The molecule has 1 aliphatic rings. The predicted octanol–water partition coefficient (Wildman–Crippen LogP) is 2.19. The minimum Gasteiger partial charge on any atom is -0.490 e. The van der Waals surface area contributed by atoms with Crippen molar-refractivity contribution in [3.63, 3.8) is 0 Å². The van der Waals surface area contributed by atoms with Crippen molar-refractivity contribution >= 4 is 0 Å². The van der Waals surface area contributed by atoms with E-state index in [1.165, 1.54) is 12.8 Å². The number of ether oxygens (including phenoxy) is 1. The van der Waals surface area contributed by atoms with Crippen LogP contribution < -0.4 is 10.1 Å². The molecule has 0 heterocycles. The Morgan fingerprint density at radius 2 is 2.06 bits per heavy atom. The molecule has 2 nitrogen and oxygen atoms in total. The summed E-state index contributed by atoms with van der Waals surface area (Å²) in [5, 5.41) is 3.17. The summed E-state index contributed by atoms with van der Waals surface area (Å²) in [6, 6.07) is 8.01. The summed E-state index contributed by atoms with van der Waals surface area (Å²) in [5.74, 6) is 7.14. The van der Waals surface area contributed by atoms with Crippen LogP contribution in [0.5, 0.6) is 5.75 Å². The fraction of sp³-hybridized carbons (Fsp3) is 0.429. The lowest BCUT2D eigenvalue weighted by molar-refractivity contribution is 0.303. The molecule has 1 saturated carbocycles. The van der Waals surface area contributed by atoms with Gasteiger partial charge in [0.25, 0.3) is 0 Å². The van der Waals surface area contributed by atoms with Crippen LogP contribution in [0.15, 0.2) is 24.3 Å². The fourth-order valence-electron chi connectivity index (χ4n) is 1.33. The monoisotopic (exact) mass is 215 g/mol. The Morgan fingerprint density at radius 1 is 1.31 bits per heavy atom. The molecule has 0 amide bonds. The molecule has 1 aromatic carbocycles. The van der Waals surface area contributed by atoms with Crippen LogP contribution in [0.4, 0.5) is 0 Å². The highest BCUT2D eigenvalue weighted by atomic mass is 16.5. The Bertz CT molecular complexity index is 381. The van der Waals surface area contributed by atoms with Crippen molar-refractivity contribution < 1.29 is 4.74 Å². The molecule has 2 rings (SSSR count). The van der Waals surface area contributed by atoms with Crippen LogP contribution in [0.25, 0.3) is 0 Å². The van der Waals surface area contributed by atoms with E-state index in [0.717, 1.165) is 24.4 Å². The molecule has 1 aliphatic carbocycles. The van der Waals surface area contributed by atoms with Crippen LogP contribution in [0.3, 0.4) is 0 Å². The van der Waals surface area contributed by atoms with E-state index in [1.807, 2.05) is 24.3 Å². The Hall–Kier alpha value is -1.46. The maximum atomic E-state index is 5.66. The molecule has 1 N–H and O–H groups in total. The highest BCUT2D eigenvalue weighted by molar-refractivity contribution is 5.38. The summed E-state index contributed by atoms with van der Waals surface area (Å²) in [6.07, 6.45) is 2.86. The summed E-state index contributed by atoms with van der Waals surface area (Å²) in [7, 11) is 0. The predicted molar refractivity (Wildman–Crippen MR) is 65.5 cm³/mol. The number of hydrogen-bond acceptors (Lipinski definition) is 2. The number of hydrogen-bond donors (Lipinski definition) is 1. The highest BCUT2D eigenvalue weighted by Gasteiger charge is 2.23. The molecular formula is C14H17NO. The summed E-state index contributed by atoms with van der Waals surface area (Å²) in [5.41, 5.74) is 1.04. The van der Waals surface area contributed by atoms with E-state index >= 15 is 0 Å². The summed E-state index contributed by atoms with van der Waals surface area (Å²) in [6.45, 7) is 3.78. The lowest BCUT2D eigenvalue weighted by atomic mass is 10.2. The number of nitrogens with one attached hydrogen (secondary N) is 1. The third-order valence-electron chi connectivity index (χ3n) is 2.38. The first-order valence-corrected chi connectivity index (χ1v) is 5.85. The second-order valence-corrected chi connectivity index (χ2v) is 3.92. The molecule has 1 aromatic rings. The smallest absolute Gasteiger partial charge is 0.119 e. The van der Waals surface area contributed by atoms with E-state index in [1.54, 1.807) is 0 Å². The van der Waals surface area contributed by atoms with Crippen LogP contribution in [0.1, 0.15) is 25.3 Å². The molecule has 1 fully saturated rings. The highest BCUT2D eigenvalue weighted by Crippen LogP contribution is 2.26. The molecule has 84 valence electrons. The van der Waals surface area contributed by atoms with Crippen LogP contribution in [0.2, 0.25) is 0 Å². The average Bonchev–Trinajstić information content (AvgIpc) is 3.11. The van der Waals surface area contributed by atoms with Crippen molar-refractivity contribution in [2.75, 3.05) is 13.1 Å². The van der Waals surface area contributed by atoms with Gasteiger partial charge in [0.05, 0.1) is 12.6 Å². The van der Waals surface area contributed by atoms with Gasteiger partial charge < -0.3 is 10.1 Å². The van der Waals surface area contributed by atoms with Crippen LogP contribution in [0, 0.1) is 11.8 Å². The maximum Gasteiger partial charge on any atom is 0.119 e. The van der Waals surface area contributed by atoms with Gasteiger partial charge in [-0.25, -0.2) is 0 Å². The minimum atomic E-state index is 0.464. The third-order valence-corrected chi connectivity index (χ3v) is 2.38. The van der Waals surface area contributed by atoms with Gasteiger partial charge in [-0.3, -0.25) is 0 Å². The Labute approximate surface area is 97.0 Å². The summed E-state index contributed by atoms with van der Waals surface area (Å²) in [4.78, 5) is 0. The summed E-state index contributed by atoms with van der Waals surface area (Å²) >= 11 is 0. The first-order valence-electron chi connectivity index (χ1n) is 5.85. The summed E-state index contributed by atoms with van der Waals surface area (Å²) < 4.78 is 5.66. The first-order chi connectivity index (χ1) is 7.88. The molecule has 0 atom stereocenters. The van der Waals surface area contributed by atoms with Gasteiger partial charge in [0.1, 0.15) is 5.75 Å². The van der Waals surface area contributed by atoms with Gasteiger partial charge in [-0.2, -0.15) is 0 Å². The molecule has 16 heavy (non-hydrogen) atoms. The standard InChI is InChI=1S/C14H17NO/c1-2-15-11-3-4-12-5-7-13(8-6-12)16-14-9-10-14/h5-8,14-15H,2,9-11H2,1H3. The zero-order valence-electron chi connectivity index (χ0n) is 9.62. The normalized spacial score (nSPS) is 14.1. The Morgan fingerprint density at radius 3 is 2.69 bits per heavy atom. The molecule has 0 radical (unpaired) electrons. The molecule has 0 spiro atoms. The van der Waals surface area contributed by atoms with Gasteiger partial charge in [0, 0.05) is 5.56 Å². The molecule has 0 saturated heterocycles. The molecule has 2 heteroatoms. The molecule has 0 aromatic heterocycles. The van der Waals surface area contributed by atoms with Gasteiger partial charge in [-0.1, -0.05) is 18.8 Å². The van der Waals surface area contributed by atoms with Gasteiger partial charge in [-0.05, 0) is 43.7 Å². The quantitative estimate of drug-likeness (QED) is 0.614. The SMILES string of the molecule is CCNCC#Cc1ccc(OC2CC2)cc1. The molecule has 0 unspecified atom stereocenters. The zero-order valence-corrected chi connectivity index (χ0v) is 9.62. The second kappa shape index (κ2) is 5.58. The van der Waals surface area contributed by atoms with Crippen LogP contribution in [-0.2, 0) is 0 Å². The van der Waals surface area contributed by atoms with E-state index in [4.69, 9.17) is 4.74 Å². The lowest BCUT2D eigenvalue weighted by Crippen LogP contribution is -2.11. The Balaban J connectivity index is 1.87. The number of rotatable bonds is 4. The van der Waals surface area contributed by atoms with Crippen molar-refractivity contribution in [1.29, 1.82) is 0 Å². The topological polar surface area (TPSA) is 21.3 Å². The van der Waals surface area contributed by atoms with Gasteiger partial charge >= 0.3 is 0 Å². The van der Waals surface area contributed by atoms with E-state index < -0.39 is 0 Å². The van der Waals surface area contributed by atoms with E-state index in [-0.39, 0.29) is 0 Å². The van der Waals surface area contributed by atoms with Gasteiger partial charge in [0.2, 0.25) is 0 Å². The van der Waals surface area contributed by atoms with Gasteiger partial charge in [0.15, 0.2) is 0 Å². The van der Waals surface area contributed by atoms with Crippen LogP contribution >= 0.6 is 0 Å². The lowest BCUT2D eigenvalue weighted by Gasteiger charge is -2.02. The third kappa shape index (κ3) is 3.60. The van der Waals surface area contributed by atoms with Crippen molar-refractivity contribution in [2.45, 2.75) is 25.9 Å². The molecular weight excluding hydrogens is 198 g/mol. The van der Waals surface area contributed by atoms with Crippen molar-refractivity contribution in [2.24, 2.45) is 0 Å². The second-order valence-electron chi connectivity index (χ2n) is 3.92. The Kier molecular flexibility index (Phi) is 3.85. The minimum absolute atomic E-state index is 0.464. The average molecular weight is 215 g/mol. The molecule has 0 aliphatic heterocycles. The molecule has 0 bridgehead atoms. The van der Waals surface area contributed by atoms with Gasteiger partial charge in [-0.15, -0.1) is 0 Å². The number of benzene rings is 1. The first kappa shape index (κ1) is 11.0.